The Balaban J connectivity index is 2.16. The molecule has 0 heterocycles. The van der Waals surface area contributed by atoms with Gasteiger partial charge in [-0.15, -0.1) is 0 Å². The number of carboxylic acid groups (broad SMARTS) is 1. The number of carbonyl (C=O) groups is 2. The first kappa shape index (κ1) is 26.6. The first-order valence-corrected chi connectivity index (χ1v) is 12.5. The van der Waals surface area contributed by atoms with Crippen LogP contribution in [-0.2, 0) is 11.2 Å². The molecule has 0 fully saturated rings. The van der Waals surface area contributed by atoms with Crippen molar-refractivity contribution in [3.8, 4) is 0 Å². The topological polar surface area (TPSA) is 63.6 Å². The second-order valence-electron chi connectivity index (χ2n) is 9.54. The molecule has 0 amide bonds. The quantitative estimate of drug-likeness (QED) is 0.222. The predicted molar refractivity (Wildman–Crippen MR) is 134 cm³/mol. The maximum absolute atomic E-state index is 13.2. The van der Waals surface area contributed by atoms with Gasteiger partial charge in [0.25, 0.3) is 0 Å². The van der Waals surface area contributed by atoms with Crippen molar-refractivity contribution in [1.29, 1.82) is 0 Å². The zero-order valence-electron chi connectivity index (χ0n) is 20.5. The molecule has 0 saturated heterocycles. The lowest BCUT2D eigenvalue weighted by Gasteiger charge is -2.34. The second-order valence-corrected chi connectivity index (χ2v) is 9.54. The predicted octanol–water partition coefficient (Wildman–Crippen LogP) is 7.71. The lowest BCUT2D eigenvalue weighted by molar-refractivity contribution is -0.0293. The molecule has 0 aliphatic heterocycles. The van der Waals surface area contributed by atoms with Crippen LogP contribution in [0.3, 0.4) is 0 Å². The van der Waals surface area contributed by atoms with Crippen LogP contribution in [0.1, 0.15) is 105 Å². The zero-order valence-corrected chi connectivity index (χ0v) is 20.5. The summed E-state index contributed by atoms with van der Waals surface area (Å²) < 4.78 is 6.22. The Hall–Kier alpha value is -2.62. The Kier molecular flexibility index (Phi) is 11.2. The van der Waals surface area contributed by atoms with E-state index in [9.17, 15) is 14.7 Å². The molecule has 4 heteroatoms. The zero-order chi connectivity index (χ0) is 24.1. The minimum absolute atomic E-state index is 0.0160. The highest BCUT2D eigenvalue weighted by Gasteiger charge is 2.34. The van der Waals surface area contributed by atoms with E-state index in [2.05, 4.69) is 32.9 Å². The summed E-state index contributed by atoms with van der Waals surface area (Å²) in [5, 5.41) is 9.52. The molecule has 2 rings (SSSR count). The molecule has 1 unspecified atom stereocenters. The Morgan fingerprint density at radius 3 is 2.09 bits per heavy atom. The van der Waals surface area contributed by atoms with Crippen LogP contribution >= 0.6 is 0 Å². The maximum atomic E-state index is 13.2. The monoisotopic (exact) mass is 452 g/mol. The summed E-state index contributed by atoms with van der Waals surface area (Å²) in [4.78, 5) is 24.8. The van der Waals surface area contributed by atoms with Crippen molar-refractivity contribution in [1.82, 2.24) is 0 Å². The maximum Gasteiger partial charge on any atom is 0.339 e. The Morgan fingerprint density at radius 1 is 0.848 bits per heavy atom. The summed E-state index contributed by atoms with van der Waals surface area (Å²) in [7, 11) is 0. The SMILES string of the molecule is CCCC(CCCCCCCC(C)C)(Cc1ccccc1)OC(=O)c1ccccc1C(=O)O. The number of hydrogen-bond donors (Lipinski definition) is 1. The van der Waals surface area contributed by atoms with Crippen molar-refractivity contribution in [3.05, 3.63) is 71.3 Å². The molecule has 1 N–H and O–H groups in total. The van der Waals surface area contributed by atoms with Crippen molar-refractivity contribution < 1.29 is 19.4 Å². The van der Waals surface area contributed by atoms with E-state index in [0.29, 0.717) is 6.42 Å². The van der Waals surface area contributed by atoms with Gasteiger partial charge in [-0.3, -0.25) is 0 Å². The molecular formula is C29H40O4. The number of ether oxygens (including phenoxy) is 1. The summed E-state index contributed by atoms with van der Waals surface area (Å²) in [6.07, 6.45) is 10.1. The van der Waals surface area contributed by atoms with E-state index in [0.717, 1.165) is 43.6 Å². The summed E-state index contributed by atoms with van der Waals surface area (Å²) in [6.45, 7) is 6.63. The second kappa shape index (κ2) is 13.8. The van der Waals surface area contributed by atoms with Gasteiger partial charge in [0, 0.05) is 6.42 Å². The number of esters is 1. The van der Waals surface area contributed by atoms with Crippen molar-refractivity contribution in [2.24, 2.45) is 5.92 Å². The minimum atomic E-state index is -1.12. The molecule has 180 valence electrons. The summed E-state index contributed by atoms with van der Waals surface area (Å²) in [5.41, 5.74) is 0.587. The van der Waals surface area contributed by atoms with Gasteiger partial charge in [0.05, 0.1) is 11.1 Å². The van der Waals surface area contributed by atoms with E-state index < -0.39 is 17.5 Å². The summed E-state index contributed by atoms with van der Waals surface area (Å²) in [5.74, 6) is -0.913. The fraction of sp³-hybridized carbons (Fsp3) is 0.517. The third-order valence-electron chi connectivity index (χ3n) is 6.18. The Labute approximate surface area is 199 Å². The van der Waals surface area contributed by atoms with E-state index in [1.165, 1.54) is 31.7 Å². The van der Waals surface area contributed by atoms with Crippen LogP contribution in [0.4, 0.5) is 0 Å². The normalized spacial score (nSPS) is 13.0. The molecule has 33 heavy (non-hydrogen) atoms. The van der Waals surface area contributed by atoms with Gasteiger partial charge < -0.3 is 9.84 Å². The smallest absolute Gasteiger partial charge is 0.339 e. The van der Waals surface area contributed by atoms with Crippen molar-refractivity contribution in [2.75, 3.05) is 0 Å². The van der Waals surface area contributed by atoms with Gasteiger partial charge in [0.15, 0.2) is 0 Å². The van der Waals surface area contributed by atoms with Gasteiger partial charge in [-0.05, 0) is 42.9 Å². The molecule has 0 aromatic heterocycles. The van der Waals surface area contributed by atoms with Crippen LogP contribution in [-0.4, -0.2) is 22.6 Å². The average Bonchev–Trinajstić information content (AvgIpc) is 2.79. The minimum Gasteiger partial charge on any atom is -0.478 e. The fourth-order valence-corrected chi connectivity index (χ4v) is 4.49. The molecule has 0 spiro atoms. The van der Waals surface area contributed by atoms with E-state index >= 15 is 0 Å². The van der Waals surface area contributed by atoms with E-state index in [-0.39, 0.29) is 11.1 Å². The van der Waals surface area contributed by atoms with Crippen LogP contribution in [0, 0.1) is 5.92 Å². The summed E-state index contributed by atoms with van der Waals surface area (Å²) in [6, 6.07) is 16.4. The van der Waals surface area contributed by atoms with Gasteiger partial charge in [-0.25, -0.2) is 9.59 Å². The first-order valence-electron chi connectivity index (χ1n) is 12.5. The molecule has 4 nitrogen and oxygen atoms in total. The van der Waals surface area contributed by atoms with Crippen molar-refractivity contribution >= 4 is 11.9 Å². The third kappa shape index (κ3) is 9.03. The number of carbonyl (C=O) groups excluding carboxylic acids is 1. The highest BCUT2D eigenvalue weighted by molar-refractivity contribution is 6.02. The molecule has 0 aliphatic carbocycles. The highest BCUT2D eigenvalue weighted by atomic mass is 16.6. The van der Waals surface area contributed by atoms with Gasteiger partial charge >= 0.3 is 11.9 Å². The molecule has 0 bridgehead atoms. The molecular weight excluding hydrogens is 412 g/mol. The Morgan fingerprint density at radius 2 is 1.45 bits per heavy atom. The van der Waals surface area contributed by atoms with Gasteiger partial charge in [0.1, 0.15) is 5.60 Å². The Bertz CT molecular complexity index is 859. The number of benzene rings is 2. The van der Waals surface area contributed by atoms with Crippen LogP contribution in [0.5, 0.6) is 0 Å². The molecule has 2 aromatic rings. The summed E-state index contributed by atoms with van der Waals surface area (Å²) >= 11 is 0. The van der Waals surface area contributed by atoms with Crippen molar-refractivity contribution in [3.63, 3.8) is 0 Å². The number of unbranched alkanes of at least 4 members (excludes halogenated alkanes) is 4. The van der Waals surface area contributed by atoms with Crippen LogP contribution in [0.15, 0.2) is 54.6 Å². The number of rotatable bonds is 15. The molecule has 1 atom stereocenters. The van der Waals surface area contributed by atoms with Crippen molar-refractivity contribution in [2.45, 2.75) is 90.6 Å². The largest absolute Gasteiger partial charge is 0.478 e. The van der Waals surface area contributed by atoms with Crippen LogP contribution in [0.2, 0.25) is 0 Å². The highest BCUT2D eigenvalue weighted by Crippen LogP contribution is 2.32. The molecule has 0 aliphatic rings. The molecule has 0 radical (unpaired) electrons. The molecule has 2 aromatic carbocycles. The standard InChI is InChI=1S/C29H40O4/c1-4-20-29(22-24-16-10-8-11-17-24,21-14-7-5-6-9-15-23(2)3)33-28(32)26-19-13-12-18-25(26)27(30)31/h8,10-13,16-19,23H,4-7,9,14-15,20-22H2,1-3H3,(H,30,31). The molecule has 0 saturated carbocycles. The van der Waals surface area contributed by atoms with Gasteiger partial charge in [0.2, 0.25) is 0 Å². The van der Waals surface area contributed by atoms with Gasteiger partial charge in [-0.2, -0.15) is 0 Å². The van der Waals surface area contributed by atoms with E-state index in [4.69, 9.17) is 4.74 Å². The number of carboxylic acids is 1. The third-order valence-corrected chi connectivity index (χ3v) is 6.18. The lowest BCUT2D eigenvalue weighted by Crippen LogP contribution is -2.38. The van der Waals surface area contributed by atoms with E-state index in [1.807, 2.05) is 18.2 Å². The van der Waals surface area contributed by atoms with Crippen LogP contribution in [0.25, 0.3) is 0 Å². The average molecular weight is 453 g/mol. The first-order chi connectivity index (χ1) is 15.9. The van der Waals surface area contributed by atoms with E-state index in [1.54, 1.807) is 18.2 Å². The number of hydrogen-bond acceptors (Lipinski definition) is 3. The lowest BCUT2D eigenvalue weighted by atomic mass is 9.84. The van der Waals surface area contributed by atoms with Gasteiger partial charge in [-0.1, -0.05) is 102 Å². The number of aromatic carboxylic acids is 1. The van der Waals surface area contributed by atoms with Crippen LogP contribution < -0.4 is 0 Å². The fourth-order valence-electron chi connectivity index (χ4n) is 4.49.